The monoisotopic (exact) mass is 329 g/mol. The van der Waals surface area contributed by atoms with E-state index in [0.29, 0.717) is 0 Å². The number of esters is 1. The Morgan fingerprint density at radius 3 is 2.38 bits per heavy atom. The van der Waals surface area contributed by atoms with Crippen LogP contribution in [0.2, 0.25) is 0 Å². The van der Waals surface area contributed by atoms with Crippen molar-refractivity contribution in [1.29, 1.82) is 0 Å². The Bertz CT molecular complexity index is 744. The van der Waals surface area contributed by atoms with Crippen LogP contribution in [0.15, 0.2) is 59.6 Å². The molecular weight excluding hydrogens is 313 g/mol. The average Bonchev–Trinajstić information content (AvgIpc) is 2.61. The predicted octanol–water partition coefficient (Wildman–Crippen LogP) is 3.32. The van der Waals surface area contributed by atoms with Crippen LogP contribution in [0.5, 0.6) is 0 Å². The minimum Gasteiger partial charge on any atom is -0.465 e. The second kappa shape index (κ2) is 8.57. The van der Waals surface area contributed by atoms with E-state index in [2.05, 4.69) is 9.73 Å². The molecule has 0 fully saturated rings. The lowest BCUT2D eigenvalue weighted by atomic mass is 10.1. The number of aliphatic imine (C=N–C) groups is 1. The van der Waals surface area contributed by atoms with E-state index in [0.717, 1.165) is 12.7 Å². The molecule has 0 bridgehead atoms. The summed E-state index contributed by atoms with van der Waals surface area (Å²) >= 11 is 0. The molecule has 0 radical (unpaired) electrons. The molecule has 5 nitrogen and oxygen atoms in total. The third kappa shape index (κ3) is 5.01. The number of rotatable bonds is 5. The van der Waals surface area contributed by atoms with E-state index < -0.39 is 17.9 Å². The zero-order valence-corrected chi connectivity index (χ0v) is 13.1. The SMILES string of the molecule is COC(=O)C(Cc1ccccc1F)=NC(=O)OCc1ccccc1. The van der Waals surface area contributed by atoms with Gasteiger partial charge in [0.1, 0.15) is 18.1 Å². The van der Waals surface area contributed by atoms with Crippen LogP contribution in [-0.4, -0.2) is 24.9 Å². The molecule has 0 saturated carbocycles. The summed E-state index contributed by atoms with van der Waals surface area (Å²) in [6, 6.07) is 15.0. The van der Waals surface area contributed by atoms with Gasteiger partial charge in [0.05, 0.1) is 7.11 Å². The van der Waals surface area contributed by atoms with Gasteiger partial charge < -0.3 is 9.47 Å². The number of halogens is 1. The Labute approximate surface area is 138 Å². The molecule has 0 aromatic heterocycles. The molecule has 6 heteroatoms. The third-order valence-corrected chi connectivity index (χ3v) is 3.17. The van der Waals surface area contributed by atoms with E-state index in [1.54, 1.807) is 18.2 Å². The van der Waals surface area contributed by atoms with Gasteiger partial charge in [-0.2, -0.15) is 4.99 Å². The van der Waals surface area contributed by atoms with Crippen LogP contribution in [0.3, 0.4) is 0 Å². The minimum atomic E-state index is -0.935. The fraction of sp³-hybridized carbons (Fsp3) is 0.167. The van der Waals surface area contributed by atoms with Gasteiger partial charge in [-0.05, 0) is 17.2 Å². The van der Waals surface area contributed by atoms with Gasteiger partial charge >= 0.3 is 12.1 Å². The van der Waals surface area contributed by atoms with Gasteiger partial charge in [-0.15, -0.1) is 0 Å². The van der Waals surface area contributed by atoms with Crippen molar-refractivity contribution in [2.45, 2.75) is 13.0 Å². The normalized spacial score (nSPS) is 11.0. The number of benzene rings is 2. The first kappa shape index (κ1) is 17.3. The zero-order valence-electron chi connectivity index (χ0n) is 13.1. The highest BCUT2D eigenvalue weighted by Crippen LogP contribution is 2.09. The summed E-state index contributed by atoms with van der Waals surface area (Å²) in [5, 5.41) is 0. The second-order valence-electron chi connectivity index (χ2n) is 4.86. The summed E-state index contributed by atoms with van der Waals surface area (Å²) in [5.41, 5.74) is 0.799. The summed E-state index contributed by atoms with van der Waals surface area (Å²) in [6.45, 7) is 0.0251. The number of methoxy groups -OCH3 is 1. The van der Waals surface area contributed by atoms with Crippen LogP contribution in [0.4, 0.5) is 9.18 Å². The summed E-state index contributed by atoms with van der Waals surface area (Å²) in [5.74, 6) is -1.30. The quantitative estimate of drug-likeness (QED) is 0.623. The fourth-order valence-corrected chi connectivity index (χ4v) is 1.96. The van der Waals surface area contributed by atoms with E-state index >= 15 is 0 Å². The summed E-state index contributed by atoms with van der Waals surface area (Å²) in [4.78, 5) is 27.2. The van der Waals surface area contributed by atoms with E-state index in [-0.39, 0.29) is 24.3 Å². The number of hydrogen-bond donors (Lipinski definition) is 0. The molecular formula is C18H16FNO4. The topological polar surface area (TPSA) is 65.0 Å². The molecule has 0 spiro atoms. The van der Waals surface area contributed by atoms with Crippen molar-refractivity contribution >= 4 is 17.8 Å². The van der Waals surface area contributed by atoms with Crippen LogP contribution in [0.25, 0.3) is 0 Å². The van der Waals surface area contributed by atoms with Gasteiger partial charge in [-0.25, -0.2) is 14.0 Å². The molecule has 0 aliphatic rings. The molecule has 2 aromatic rings. The largest absolute Gasteiger partial charge is 0.465 e. The van der Waals surface area contributed by atoms with E-state index in [1.807, 2.05) is 18.2 Å². The van der Waals surface area contributed by atoms with Gasteiger partial charge in [0.15, 0.2) is 0 Å². The Hall–Kier alpha value is -3.02. The molecule has 124 valence electrons. The van der Waals surface area contributed by atoms with Gasteiger partial charge in [0.2, 0.25) is 0 Å². The van der Waals surface area contributed by atoms with Gasteiger partial charge in [-0.3, -0.25) is 0 Å². The zero-order chi connectivity index (χ0) is 17.4. The van der Waals surface area contributed by atoms with Crippen LogP contribution < -0.4 is 0 Å². The maximum Gasteiger partial charge on any atom is 0.434 e. The lowest BCUT2D eigenvalue weighted by Gasteiger charge is -2.06. The Kier molecular flexibility index (Phi) is 6.19. The fourth-order valence-electron chi connectivity index (χ4n) is 1.96. The predicted molar refractivity (Wildman–Crippen MR) is 86.2 cm³/mol. The van der Waals surface area contributed by atoms with Crippen molar-refractivity contribution < 1.29 is 23.5 Å². The first-order chi connectivity index (χ1) is 11.6. The minimum absolute atomic E-state index is 0.0251. The molecule has 2 rings (SSSR count). The first-order valence-corrected chi connectivity index (χ1v) is 7.20. The number of carbonyl (C=O) groups excluding carboxylic acids is 2. The van der Waals surface area contributed by atoms with Gasteiger partial charge in [0.25, 0.3) is 0 Å². The standard InChI is InChI=1S/C18H16FNO4/c1-23-17(21)16(11-14-9-5-6-10-15(14)19)20-18(22)24-12-13-7-3-2-4-8-13/h2-10H,11-12H2,1H3. The number of carbonyl (C=O) groups is 2. The van der Waals surface area contributed by atoms with Crippen LogP contribution in [-0.2, 0) is 27.3 Å². The summed E-state index contributed by atoms with van der Waals surface area (Å²) < 4.78 is 23.3. The first-order valence-electron chi connectivity index (χ1n) is 7.20. The highest BCUT2D eigenvalue weighted by atomic mass is 19.1. The lowest BCUT2D eigenvalue weighted by Crippen LogP contribution is -2.21. The Morgan fingerprint density at radius 1 is 1.04 bits per heavy atom. The molecule has 0 saturated heterocycles. The molecule has 0 aliphatic heterocycles. The van der Waals surface area contributed by atoms with Crippen molar-refractivity contribution in [3.8, 4) is 0 Å². The highest BCUT2D eigenvalue weighted by Gasteiger charge is 2.17. The number of nitrogens with zero attached hydrogens (tertiary/aromatic N) is 1. The summed E-state index contributed by atoms with van der Waals surface area (Å²) in [7, 11) is 1.16. The van der Waals surface area contributed by atoms with E-state index in [9.17, 15) is 14.0 Å². The summed E-state index contributed by atoms with van der Waals surface area (Å²) in [6.07, 6.45) is -1.10. The van der Waals surface area contributed by atoms with Crippen molar-refractivity contribution in [1.82, 2.24) is 0 Å². The Morgan fingerprint density at radius 2 is 1.71 bits per heavy atom. The highest BCUT2D eigenvalue weighted by molar-refractivity contribution is 6.38. The van der Waals surface area contributed by atoms with Crippen LogP contribution in [0.1, 0.15) is 11.1 Å². The van der Waals surface area contributed by atoms with Gasteiger partial charge in [-0.1, -0.05) is 48.5 Å². The smallest absolute Gasteiger partial charge is 0.434 e. The molecule has 0 N–H and O–H groups in total. The molecule has 0 unspecified atom stereocenters. The van der Waals surface area contributed by atoms with Crippen molar-refractivity contribution in [3.63, 3.8) is 0 Å². The van der Waals surface area contributed by atoms with Crippen molar-refractivity contribution in [2.75, 3.05) is 7.11 Å². The molecule has 0 atom stereocenters. The Balaban J connectivity index is 2.09. The van der Waals surface area contributed by atoms with Crippen molar-refractivity contribution in [3.05, 3.63) is 71.5 Å². The molecule has 24 heavy (non-hydrogen) atoms. The molecule has 1 amide bonds. The molecule has 2 aromatic carbocycles. The lowest BCUT2D eigenvalue weighted by molar-refractivity contribution is -0.132. The molecule has 0 heterocycles. The third-order valence-electron chi connectivity index (χ3n) is 3.17. The number of hydrogen-bond acceptors (Lipinski definition) is 4. The maximum absolute atomic E-state index is 13.7. The average molecular weight is 329 g/mol. The number of amides is 1. The van der Waals surface area contributed by atoms with Crippen LogP contribution >= 0.6 is 0 Å². The molecule has 0 aliphatic carbocycles. The van der Waals surface area contributed by atoms with Crippen LogP contribution in [0, 0.1) is 5.82 Å². The number of ether oxygens (including phenoxy) is 2. The maximum atomic E-state index is 13.7. The second-order valence-corrected chi connectivity index (χ2v) is 4.86. The van der Waals surface area contributed by atoms with Crippen molar-refractivity contribution in [2.24, 2.45) is 4.99 Å². The van der Waals surface area contributed by atoms with E-state index in [4.69, 9.17) is 4.74 Å². The van der Waals surface area contributed by atoms with E-state index in [1.165, 1.54) is 18.2 Å². The van der Waals surface area contributed by atoms with Gasteiger partial charge in [0, 0.05) is 6.42 Å².